The third-order valence-electron chi connectivity index (χ3n) is 2.82. The Morgan fingerprint density at radius 3 is 2.70 bits per heavy atom. The van der Waals surface area contributed by atoms with E-state index in [1.807, 2.05) is 6.07 Å². The maximum absolute atomic E-state index is 12.4. The van der Waals surface area contributed by atoms with Gasteiger partial charge in [0.05, 0.1) is 31.9 Å². The molecule has 1 aromatic rings. The lowest BCUT2D eigenvalue weighted by Crippen LogP contribution is -2.34. The highest BCUT2D eigenvalue weighted by Gasteiger charge is 2.16. The highest BCUT2D eigenvalue weighted by atomic mass is 16.5. The molecule has 0 atom stereocenters. The number of ether oxygens (including phenoxy) is 2. The van der Waals surface area contributed by atoms with E-state index in [0.717, 1.165) is 0 Å². The first-order valence-electron chi connectivity index (χ1n) is 6.22. The van der Waals surface area contributed by atoms with E-state index in [1.165, 1.54) is 7.11 Å². The lowest BCUT2D eigenvalue weighted by Gasteiger charge is -2.21. The van der Waals surface area contributed by atoms with Crippen molar-refractivity contribution in [3.63, 3.8) is 0 Å². The van der Waals surface area contributed by atoms with Gasteiger partial charge in [0.2, 0.25) is 0 Å². The first-order chi connectivity index (χ1) is 9.63. The molecule has 0 fully saturated rings. The van der Waals surface area contributed by atoms with Gasteiger partial charge >= 0.3 is 0 Å². The average molecular weight is 277 g/mol. The van der Waals surface area contributed by atoms with E-state index in [1.54, 1.807) is 30.2 Å². The summed E-state index contributed by atoms with van der Waals surface area (Å²) in [5.41, 5.74) is 6.67. The number of anilines is 1. The summed E-state index contributed by atoms with van der Waals surface area (Å²) in [7, 11) is 3.09. The summed E-state index contributed by atoms with van der Waals surface area (Å²) in [4.78, 5) is 14.0. The highest BCUT2D eigenvalue weighted by molar-refractivity contribution is 5.95. The minimum atomic E-state index is -0.174. The Hall–Kier alpha value is -2.26. The van der Waals surface area contributed by atoms with Crippen molar-refractivity contribution in [3.8, 4) is 11.8 Å². The van der Waals surface area contributed by atoms with Crippen molar-refractivity contribution in [3.05, 3.63) is 23.8 Å². The van der Waals surface area contributed by atoms with E-state index in [9.17, 15) is 4.79 Å². The largest absolute Gasteiger partial charge is 0.495 e. The van der Waals surface area contributed by atoms with Crippen molar-refractivity contribution in [2.75, 3.05) is 39.6 Å². The molecule has 0 spiro atoms. The Kier molecular flexibility index (Phi) is 6.33. The number of nitriles is 1. The molecule has 0 bridgehead atoms. The molecule has 6 heteroatoms. The topological polar surface area (TPSA) is 88.6 Å². The molecular formula is C14H19N3O3. The van der Waals surface area contributed by atoms with Crippen molar-refractivity contribution >= 4 is 11.6 Å². The fourth-order valence-corrected chi connectivity index (χ4v) is 1.75. The lowest BCUT2D eigenvalue weighted by molar-refractivity contribution is 0.0700. The SMILES string of the molecule is COCCN(CCC#N)C(=O)c1ccc(OC)c(N)c1. The predicted molar refractivity (Wildman–Crippen MR) is 75.4 cm³/mol. The van der Waals surface area contributed by atoms with Crippen LogP contribution in [-0.2, 0) is 4.74 Å². The zero-order chi connectivity index (χ0) is 15.0. The van der Waals surface area contributed by atoms with Crippen molar-refractivity contribution in [1.29, 1.82) is 5.26 Å². The van der Waals surface area contributed by atoms with Gasteiger partial charge in [0.15, 0.2) is 0 Å². The monoisotopic (exact) mass is 277 g/mol. The van der Waals surface area contributed by atoms with Crippen LogP contribution in [0.4, 0.5) is 5.69 Å². The number of nitrogen functional groups attached to an aromatic ring is 1. The van der Waals surface area contributed by atoms with E-state index in [2.05, 4.69) is 0 Å². The minimum absolute atomic E-state index is 0.174. The normalized spacial score (nSPS) is 9.85. The van der Waals surface area contributed by atoms with Crippen LogP contribution in [0.25, 0.3) is 0 Å². The Labute approximate surface area is 118 Å². The van der Waals surface area contributed by atoms with Gasteiger partial charge in [-0.15, -0.1) is 0 Å². The van der Waals surface area contributed by atoms with Gasteiger partial charge in [-0.05, 0) is 18.2 Å². The smallest absolute Gasteiger partial charge is 0.254 e. The molecule has 0 saturated heterocycles. The summed E-state index contributed by atoms with van der Waals surface area (Å²) in [6, 6.07) is 6.92. The van der Waals surface area contributed by atoms with Gasteiger partial charge in [-0.2, -0.15) is 5.26 Å². The zero-order valence-electron chi connectivity index (χ0n) is 11.8. The van der Waals surface area contributed by atoms with E-state index in [4.69, 9.17) is 20.5 Å². The van der Waals surface area contributed by atoms with Crippen LogP contribution in [0.1, 0.15) is 16.8 Å². The van der Waals surface area contributed by atoms with E-state index in [0.29, 0.717) is 36.7 Å². The zero-order valence-corrected chi connectivity index (χ0v) is 11.8. The summed E-state index contributed by atoms with van der Waals surface area (Å²) in [6.07, 6.45) is 0.279. The minimum Gasteiger partial charge on any atom is -0.495 e. The first-order valence-corrected chi connectivity index (χ1v) is 6.22. The van der Waals surface area contributed by atoms with Crippen molar-refractivity contribution in [1.82, 2.24) is 4.90 Å². The molecule has 108 valence electrons. The van der Waals surface area contributed by atoms with Gasteiger partial charge in [-0.25, -0.2) is 0 Å². The van der Waals surface area contributed by atoms with Gasteiger partial charge in [0.25, 0.3) is 5.91 Å². The average Bonchev–Trinajstić information content (AvgIpc) is 2.46. The number of benzene rings is 1. The van der Waals surface area contributed by atoms with Gasteiger partial charge in [-0.1, -0.05) is 0 Å². The van der Waals surface area contributed by atoms with Crippen LogP contribution in [0.5, 0.6) is 5.75 Å². The number of rotatable bonds is 7. The quantitative estimate of drug-likeness (QED) is 0.758. The molecule has 0 heterocycles. The molecule has 20 heavy (non-hydrogen) atoms. The summed E-state index contributed by atoms with van der Waals surface area (Å²) < 4.78 is 10.0. The maximum atomic E-state index is 12.4. The molecule has 0 aromatic heterocycles. The summed E-state index contributed by atoms with van der Waals surface area (Å²) in [6.45, 7) is 1.22. The van der Waals surface area contributed by atoms with Crippen LogP contribution in [0.2, 0.25) is 0 Å². The second-order valence-corrected chi connectivity index (χ2v) is 4.15. The van der Waals surface area contributed by atoms with E-state index >= 15 is 0 Å². The van der Waals surface area contributed by atoms with Crippen LogP contribution >= 0.6 is 0 Å². The number of hydrogen-bond acceptors (Lipinski definition) is 5. The molecule has 6 nitrogen and oxygen atoms in total. The molecule has 1 amide bonds. The second kappa shape index (κ2) is 8.02. The second-order valence-electron chi connectivity index (χ2n) is 4.15. The fourth-order valence-electron chi connectivity index (χ4n) is 1.75. The third-order valence-corrected chi connectivity index (χ3v) is 2.82. The Balaban J connectivity index is 2.87. The van der Waals surface area contributed by atoms with Gasteiger partial charge in [-0.3, -0.25) is 4.79 Å². The lowest BCUT2D eigenvalue weighted by atomic mass is 10.1. The van der Waals surface area contributed by atoms with Crippen LogP contribution in [0.3, 0.4) is 0 Å². The van der Waals surface area contributed by atoms with E-state index in [-0.39, 0.29) is 12.3 Å². The highest BCUT2D eigenvalue weighted by Crippen LogP contribution is 2.22. The van der Waals surface area contributed by atoms with Gasteiger partial charge < -0.3 is 20.1 Å². The number of hydrogen-bond donors (Lipinski definition) is 1. The number of methoxy groups -OCH3 is 2. The number of carbonyl (C=O) groups is 1. The van der Waals surface area contributed by atoms with E-state index < -0.39 is 0 Å². The molecule has 1 rings (SSSR count). The van der Waals surface area contributed by atoms with Crippen molar-refractivity contribution < 1.29 is 14.3 Å². The molecule has 0 aliphatic carbocycles. The Bertz CT molecular complexity index is 497. The number of nitrogens with zero attached hydrogens (tertiary/aromatic N) is 2. The van der Waals surface area contributed by atoms with Crippen molar-refractivity contribution in [2.24, 2.45) is 0 Å². The molecule has 0 saturated carbocycles. The first kappa shape index (κ1) is 15.8. The standard InChI is InChI=1S/C14H19N3O3/c1-19-9-8-17(7-3-6-15)14(18)11-4-5-13(20-2)12(16)10-11/h4-5,10H,3,7-9,16H2,1-2H3. The van der Waals surface area contributed by atoms with Crippen LogP contribution in [0, 0.1) is 11.3 Å². The summed E-state index contributed by atoms with van der Waals surface area (Å²) in [5.74, 6) is 0.355. The fraction of sp³-hybridized carbons (Fsp3) is 0.429. The van der Waals surface area contributed by atoms with Gasteiger partial charge in [0.1, 0.15) is 5.75 Å². The van der Waals surface area contributed by atoms with Crippen molar-refractivity contribution in [2.45, 2.75) is 6.42 Å². The number of nitrogens with two attached hydrogens (primary N) is 1. The summed E-state index contributed by atoms with van der Waals surface area (Å²) >= 11 is 0. The molecule has 1 aromatic carbocycles. The third kappa shape index (κ3) is 4.14. The van der Waals surface area contributed by atoms with Crippen LogP contribution in [0.15, 0.2) is 18.2 Å². The molecule has 0 radical (unpaired) electrons. The summed E-state index contributed by atoms with van der Waals surface area (Å²) in [5, 5.41) is 8.65. The molecule has 0 aliphatic heterocycles. The molecule has 2 N–H and O–H groups in total. The number of carbonyl (C=O) groups excluding carboxylic acids is 1. The molecule has 0 unspecified atom stereocenters. The predicted octanol–water partition coefficient (Wildman–Crippen LogP) is 1.28. The maximum Gasteiger partial charge on any atom is 0.254 e. The Morgan fingerprint density at radius 2 is 2.15 bits per heavy atom. The molecule has 0 aliphatic rings. The van der Waals surface area contributed by atoms with Gasteiger partial charge in [0, 0.05) is 25.8 Å². The molecular weight excluding hydrogens is 258 g/mol. The van der Waals surface area contributed by atoms with Crippen LogP contribution in [-0.4, -0.2) is 44.7 Å². The number of amides is 1. The van der Waals surface area contributed by atoms with Crippen LogP contribution < -0.4 is 10.5 Å². The Morgan fingerprint density at radius 1 is 1.40 bits per heavy atom.